The second kappa shape index (κ2) is 7.38. The first kappa shape index (κ1) is 17.7. The molecule has 1 aliphatic carbocycles. The van der Waals surface area contributed by atoms with Crippen LogP contribution in [0.5, 0.6) is 0 Å². The highest BCUT2D eigenvalue weighted by Gasteiger charge is 2.26. The van der Waals surface area contributed by atoms with Crippen LogP contribution in [0, 0.1) is 0 Å². The summed E-state index contributed by atoms with van der Waals surface area (Å²) in [6, 6.07) is 6.20. The predicted molar refractivity (Wildman–Crippen MR) is 93.4 cm³/mol. The van der Waals surface area contributed by atoms with Crippen molar-refractivity contribution in [3.8, 4) is 0 Å². The number of nitrogens with zero attached hydrogens (tertiary/aromatic N) is 2. The maximum Gasteiger partial charge on any atom is 0.313 e. The van der Waals surface area contributed by atoms with E-state index in [0.29, 0.717) is 11.3 Å². The van der Waals surface area contributed by atoms with Gasteiger partial charge in [0.2, 0.25) is 0 Å². The van der Waals surface area contributed by atoms with Gasteiger partial charge in [0.15, 0.2) is 0 Å². The number of carboxylic acids is 1. The number of amides is 2. The Morgan fingerprint density at radius 2 is 2.12 bits per heavy atom. The highest BCUT2D eigenvalue weighted by atomic mass is 16.4. The monoisotopic (exact) mass is 356 g/mol. The third kappa shape index (κ3) is 4.08. The van der Waals surface area contributed by atoms with Crippen LogP contribution >= 0.6 is 0 Å². The number of aryl methyl sites for hydroxylation is 2. The third-order valence-electron chi connectivity index (χ3n) is 4.27. The lowest BCUT2D eigenvalue weighted by Crippen LogP contribution is -2.38. The average molecular weight is 356 g/mol. The second-order valence-corrected chi connectivity index (χ2v) is 6.35. The van der Waals surface area contributed by atoms with Gasteiger partial charge in [0.25, 0.3) is 0 Å². The minimum atomic E-state index is -0.962. The molecule has 3 N–H and O–H groups in total. The average Bonchev–Trinajstić information content (AvgIpc) is 2.96. The molecule has 0 aliphatic heterocycles. The van der Waals surface area contributed by atoms with Crippen LogP contribution in [-0.2, 0) is 34.3 Å². The summed E-state index contributed by atoms with van der Waals surface area (Å²) in [5.41, 5.74) is 2.83. The number of fused-ring (bicyclic) bond motifs is 1. The molecule has 1 atom stereocenters. The largest absolute Gasteiger partial charge is 0.481 e. The van der Waals surface area contributed by atoms with Crippen molar-refractivity contribution in [3.05, 3.63) is 47.3 Å². The minimum Gasteiger partial charge on any atom is -0.481 e. The van der Waals surface area contributed by atoms with E-state index in [1.165, 1.54) is 0 Å². The first-order chi connectivity index (χ1) is 12.4. The Bertz CT molecular complexity index is 859. The highest BCUT2D eigenvalue weighted by molar-refractivity contribution is 6.39. The van der Waals surface area contributed by atoms with E-state index in [9.17, 15) is 14.4 Å². The zero-order valence-electron chi connectivity index (χ0n) is 14.4. The van der Waals surface area contributed by atoms with E-state index in [2.05, 4.69) is 15.7 Å². The molecule has 1 aromatic heterocycles. The number of hydrogen-bond acceptors (Lipinski definition) is 4. The van der Waals surface area contributed by atoms with Gasteiger partial charge in [-0.15, -0.1) is 0 Å². The van der Waals surface area contributed by atoms with Crippen molar-refractivity contribution in [1.29, 1.82) is 0 Å². The fourth-order valence-corrected chi connectivity index (χ4v) is 3.16. The number of nitrogens with one attached hydrogen (secondary N) is 2. The molecule has 0 bridgehead atoms. The van der Waals surface area contributed by atoms with Crippen molar-refractivity contribution in [2.45, 2.75) is 31.7 Å². The van der Waals surface area contributed by atoms with E-state index >= 15 is 0 Å². The summed E-state index contributed by atoms with van der Waals surface area (Å²) < 4.78 is 1.71. The summed E-state index contributed by atoms with van der Waals surface area (Å²) in [5.74, 6) is -2.47. The molecule has 8 nitrogen and oxygen atoms in total. The van der Waals surface area contributed by atoms with E-state index in [4.69, 9.17) is 5.11 Å². The standard InChI is InChI=1S/C18H20N4O4/c1-22-10-13-14(6-3-7-15(13)21-22)20-18(26)17(25)19-12-5-2-4-11(8-12)9-16(23)24/h2,4-5,8,10,14H,3,6-7,9H2,1H3,(H,19,25)(H,20,26)(H,23,24). The second-order valence-electron chi connectivity index (χ2n) is 6.35. The van der Waals surface area contributed by atoms with Crippen molar-refractivity contribution in [3.63, 3.8) is 0 Å². The van der Waals surface area contributed by atoms with E-state index in [-0.39, 0.29) is 12.5 Å². The van der Waals surface area contributed by atoms with Crippen LogP contribution in [0.2, 0.25) is 0 Å². The fraction of sp³-hybridized carbons (Fsp3) is 0.333. The zero-order valence-corrected chi connectivity index (χ0v) is 14.4. The van der Waals surface area contributed by atoms with Gasteiger partial charge < -0.3 is 15.7 Å². The number of rotatable bonds is 4. The SMILES string of the molecule is Cn1cc2c(n1)CCCC2NC(=O)C(=O)Nc1cccc(CC(=O)O)c1. The summed E-state index contributed by atoms with van der Waals surface area (Å²) in [7, 11) is 1.83. The van der Waals surface area contributed by atoms with Gasteiger partial charge in [-0.2, -0.15) is 5.10 Å². The Labute approximate surface area is 150 Å². The molecule has 3 rings (SSSR count). The molecule has 0 spiro atoms. The van der Waals surface area contributed by atoms with E-state index in [1.807, 2.05) is 13.2 Å². The Hall–Kier alpha value is -3.16. The molecule has 1 aromatic carbocycles. The van der Waals surface area contributed by atoms with E-state index in [0.717, 1.165) is 30.5 Å². The number of hydrogen-bond donors (Lipinski definition) is 3. The van der Waals surface area contributed by atoms with Gasteiger partial charge in [0.1, 0.15) is 0 Å². The molecule has 0 fully saturated rings. The number of carbonyl (C=O) groups excluding carboxylic acids is 2. The minimum absolute atomic E-state index is 0.151. The number of aromatic nitrogens is 2. The summed E-state index contributed by atoms with van der Waals surface area (Å²) in [4.78, 5) is 35.2. The topological polar surface area (TPSA) is 113 Å². The van der Waals surface area contributed by atoms with Gasteiger partial charge >= 0.3 is 17.8 Å². The van der Waals surface area contributed by atoms with E-state index < -0.39 is 17.8 Å². The summed E-state index contributed by atoms with van der Waals surface area (Å²) >= 11 is 0. The molecule has 1 aliphatic rings. The normalized spacial score (nSPS) is 15.8. The molecule has 136 valence electrons. The van der Waals surface area contributed by atoms with Gasteiger partial charge in [0, 0.05) is 24.5 Å². The van der Waals surface area contributed by atoms with Gasteiger partial charge in [-0.3, -0.25) is 19.1 Å². The van der Waals surface area contributed by atoms with Crippen molar-refractivity contribution in [1.82, 2.24) is 15.1 Å². The number of carbonyl (C=O) groups is 3. The zero-order chi connectivity index (χ0) is 18.7. The Morgan fingerprint density at radius 3 is 2.88 bits per heavy atom. The summed E-state index contributed by atoms with van der Waals surface area (Å²) in [6.45, 7) is 0. The third-order valence-corrected chi connectivity index (χ3v) is 4.27. The summed E-state index contributed by atoms with van der Waals surface area (Å²) in [6.07, 6.45) is 4.24. The fourth-order valence-electron chi connectivity index (χ4n) is 3.16. The molecule has 2 amide bonds. The maximum absolute atomic E-state index is 12.3. The van der Waals surface area contributed by atoms with Crippen LogP contribution in [0.3, 0.4) is 0 Å². The molecule has 1 unspecified atom stereocenters. The molecule has 0 radical (unpaired) electrons. The highest BCUT2D eigenvalue weighted by Crippen LogP contribution is 2.28. The Balaban J connectivity index is 1.64. The predicted octanol–water partition coefficient (Wildman–Crippen LogP) is 1.18. The van der Waals surface area contributed by atoms with Gasteiger partial charge in [-0.25, -0.2) is 0 Å². The Morgan fingerprint density at radius 1 is 1.31 bits per heavy atom. The molecular weight excluding hydrogens is 336 g/mol. The van der Waals surface area contributed by atoms with Gasteiger partial charge in [-0.05, 0) is 37.0 Å². The lowest BCUT2D eigenvalue weighted by molar-refractivity contribution is -0.136. The number of anilines is 1. The van der Waals surface area contributed by atoms with Crippen LogP contribution in [0.1, 0.15) is 35.7 Å². The first-order valence-corrected chi connectivity index (χ1v) is 8.37. The molecule has 0 saturated heterocycles. The number of carboxylic acid groups (broad SMARTS) is 1. The first-order valence-electron chi connectivity index (χ1n) is 8.37. The Kier molecular flexibility index (Phi) is 5.01. The maximum atomic E-state index is 12.3. The van der Waals surface area contributed by atoms with Crippen molar-refractivity contribution in [2.24, 2.45) is 7.05 Å². The van der Waals surface area contributed by atoms with Crippen LogP contribution < -0.4 is 10.6 Å². The molecule has 26 heavy (non-hydrogen) atoms. The van der Waals surface area contributed by atoms with Crippen LogP contribution in [0.15, 0.2) is 30.5 Å². The van der Waals surface area contributed by atoms with Crippen molar-refractivity contribution in [2.75, 3.05) is 5.32 Å². The molecule has 0 saturated carbocycles. The molecule has 1 heterocycles. The van der Waals surface area contributed by atoms with Crippen molar-refractivity contribution < 1.29 is 19.5 Å². The lowest BCUT2D eigenvalue weighted by atomic mass is 9.93. The van der Waals surface area contributed by atoms with Crippen molar-refractivity contribution >= 4 is 23.5 Å². The smallest absolute Gasteiger partial charge is 0.313 e. The van der Waals surface area contributed by atoms with Crippen LogP contribution in [-0.4, -0.2) is 32.7 Å². The molecule has 2 aromatic rings. The van der Waals surface area contributed by atoms with E-state index in [1.54, 1.807) is 28.9 Å². The lowest BCUT2D eigenvalue weighted by Gasteiger charge is -2.22. The van der Waals surface area contributed by atoms with Gasteiger partial charge in [-0.1, -0.05) is 12.1 Å². The molecule has 8 heteroatoms. The number of benzene rings is 1. The molecular formula is C18H20N4O4. The number of aliphatic carboxylic acids is 1. The quantitative estimate of drug-likeness (QED) is 0.712. The van der Waals surface area contributed by atoms with Crippen LogP contribution in [0.25, 0.3) is 0 Å². The van der Waals surface area contributed by atoms with Gasteiger partial charge in [0.05, 0.1) is 18.2 Å². The summed E-state index contributed by atoms with van der Waals surface area (Å²) in [5, 5.41) is 18.5. The van der Waals surface area contributed by atoms with Crippen LogP contribution in [0.4, 0.5) is 5.69 Å².